The molecular weight excluding hydrogens is 259 g/mol. The van der Waals surface area contributed by atoms with Crippen LogP contribution in [0, 0.1) is 0 Å². The van der Waals surface area contributed by atoms with Crippen molar-refractivity contribution in [3.8, 4) is 0 Å². The second-order valence-corrected chi connectivity index (χ2v) is 3.83. The third-order valence-corrected chi connectivity index (χ3v) is 2.63. The first-order chi connectivity index (χ1) is 7.86. The van der Waals surface area contributed by atoms with Crippen molar-refractivity contribution in [3.05, 3.63) is 47.5 Å². The van der Waals surface area contributed by atoms with Crippen LogP contribution in [0.25, 0.3) is 0 Å². The first-order valence-electron chi connectivity index (χ1n) is 5.13. The largest absolute Gasteiger partial charge is 0.311 e. The van der Waals surface area contributed by atoms with Crippen molar-refractivity contribution in [1.82, 2.24) is 20.1 Å². The normalized spacial score (nSPS) is 9.94. The Morgan fingerprint density at radius 2 is 2.12 bits per heavy atom. The summed E-state index contributed by atoms with van der Waals surface area (Å²) in [5, 5.41) is 8.13. The van der Waals surface area contributed by atoms with Crippen LogP contribution in [0.1, 0.15) is 5.56 Å². The topological polar surface area (TPSA) is 42.7 Å². The van der Waals surface area contributed by atoms with E-state index >= 15 is 0 Å². The molecule has 17 heavy (non-hydrogen) atoms. The Morgan fingerprint density at radius 3 is 2.82 bits per heavy atom. The average Bonchev–Trinajstić information content (AvgIpc) is 2.79. The highest BCUT2D eigenvalue weighted by atomic mass is 35.5. The molecule has 0 aliphatic rings. The predicted octanol–water partition coefficient (Wildman–Crippen LogP) is 2.14. The van der Waals surface area contributed by atoms with Crippen LogP contribution >= 0.6 is 24.0 Å². The van der Waals surface area contributed by atoms with Gasteiger partial charge in [-0.25, -0.2) is 4.98 Å². The zero-order valence-electron chi connectivity index (χ0n) is 9.21. The monoisotopic (exact) mass is 272 g/mol. The summed E-state index contributed by atoms with van der Waals surface area (Å²) in [5.41, 5.74) is 1.11. The Bertz CT molecular complexity index is 431. The lowest BCUT2D eigenvalue weighted by Gasteiger charge is -2.06. The lowest BCUT2D eigenvalue weighted by Crippen LogP contribution is -2.19. The fourth-order valence-corrected chi connectivity index (χ4v) is 1.61. The summed E-state index contributed by atoms with van der Waals surface area (Å²) in [7, 11) is 0. The van der Waals surface area contributed by atoms with E-state index in [1.165, 1.54) is 6.33 Å². The molecule has 0 radical (unpaired) electrons. The van der Waals surface area contributed by atoms with Crippen LogP contribution in [0.3, 0.4) is 0 Å². The molecule has 92 valence electrons. The maximum absolute atomic E-state index is 6.04. The molecule has 2 rings (SSSR count). The van der Waals surface area contributed by atoms with Gasteiger partial charge < -0.3 is 5.32 Å². The standard InChI is InChI=1S/C11H13ClN4.ClH/c12-11-4-2-1-3-10(11)7-13-5-6-16-9-14-8-15-16;/h1-4,8-9,13H,5-7H2;1H. The van der Waals surface area contributed by atoms with E-state index in [0.717, 1.165) is 30.2 Å². The molecule has 4 nitrogen and oxygen atoms in total. The summed E-state index contributed by atoms with van der Waals surface area (Å²) in [5.74, 6) is 0. The van der Waals surface area contributed by atoms with Crippen molar-refractivity contribution in [2.45, 2.75) is 13.1 Å². The third kappa shape index (κ3) is 4.34. The summed E-state index contributed by atoms with van der Waals surface area (Å²) in [6.45, 7) is 2.42. The van der Waals surface area contributed by atoms with Crippen LogP contribution in [0.2, 0.25) is 5.02 Å². The van der Waals surface area contributed by atoms with Gasteiger partial charge in [0.25, 0.3) is 0 Å². The van der Waals surface area contributed by atoms with E-state index in [1.807, 2.05) is 24.3 Å². The smallest absolute Gasteiger partial charge is 0.137 e. The van der Waals surface area contributed by atoms with Crippen molar-refractivity contribution >= 4 is 24.0 Å². The number of rotatable bonds is 5. The molecule has 1 heterocycles. The number of nitrogens with zero attached hydrogens (tertiary/aromatic N) is 3. The molecule has 0 saturated carbocycles. The van der Waals surface area contributed by atoms with Crippen molar-refractivity contribution in [1.29, 1.82) is 0 Å². The molecule has 1 N–H and O–H groups in total. The molecule has 0 aliphatic heterocycles. The minimum absolute atomic E-state index is 0. The van der Waals surface area contributed by atoms with Crippen LogP contribution in [0.5, 0.6) is 0 Å². The van der Waals surface area contributed by atoms with E-state index in [-0.39, 0.29) is 12.4 Å². The molecule has 0 saturated heterocycles. The molecule has 0 amide bonds. The molecule has 0 aliphatic carbocycles. The van der Waals surface area contributed by atoms with Crippen LogP contribution in [-0.2, 0) is 13.1 Å². The Balaban J connectivity index is 0.00000144. The Hall–Kier alpha value is -1.10. The maximum atomic E-state index is 6.04. The van der Waals surface area contributed by atoms with Gasteiger partial charge in [-0.15, -0.1) is 12.4 Å². The minimum Gasteiger partial charge on any atom is -0.311 e. The number of hydrogen-bond donors (Lipinski definition) is 1. The molecule has 0 spiro atoms. The zero-order valence-corrected chi connectivity index (χ0v) is 10.8. The number of hydrogen-bond acceptors (Lipinski definition) is 3. The van der Waals surface area contributed by atoms with E-state index in [4.69, 9.17) is 11.6 Å². The highest BCUT2D eigenvalue weighted by Gasteiger charge is 1.97. The van der Waals surface area contributed by atoms with Gasteiger partial charge in [0.05, 0.1) is 6.54 Å². The first-order valence-corrected chi connectivity index (χ1v) is 5.50. The van der Waals surface area contributed by atoms with Crippen molar-refractivity contribution in [2.75, 3.05) is 6.54 Å². The molecule has 2 aromatic rings. The summed E-state index contributed by atoms with van der Waals surface area (Å²) < 4.78 is 1.79. The minimum atomic E-state index is 0. The van der Waals surface area contributed by atoms with E-state index in [1.54, 1.807) is 11.0 Å². The lowest BCUT2D eigenvalue weighted by molar-refractivity contribution is 0.554. The van der Waals surface area contributed by atoms with Gasteiger partial charge in [0.2, 0.25) is 0 Å². The van der Waals surface area contributed by atoms with Gasteiger partial charge in [-0.1, -0.05) is 29.8 Å². The van der Waals surface area contributed by atoms with Crippen LogP contribution < -0.4 is 5.32 Å². The fraction of sp³-hybridized carbons (Fsp3) is 0.273. The number of aromatic nitrogens is 3. The summed E-state index contributed by atoms with van der Waals surface area (Å²) in [6, 6.07) is 7.84. The summed E-state index contributed by atoms with van der Waals surface area (Å²) in [4.78, 5) is 3.88. The average molecular weight is 273 g/mol. The summed E-state index contributed by atoms with van der Waals surface area (Å²) >= 11 is 6.04. The van der Waals surface area contributed by atoms with Gasteiger partial charge in [0.1, 0.15) is 12.7 Å². The molecule has 0 unspecified atom stereocenters. The SMILES string of the molecule is Cl.Clc1ccccc1CNCCn1cncn1. The van der Waals surface area contributed by atoms with E-state index in [9.17, 15) is 0 Å². The Morgan fingerprint density at radius 1 is 1.29 bits per heavy atom. The fourth-order valence-electron chi connectivity index (χ4n) is 1.41. The Kier molecular flexibility index (Phi) is 5.97. The molecule has 6 heteroatoms. The van der Waals surface area contributed by atoms with Crippen LogP contribution in [0.4, 0.5) is 0 Å². The van der Waals surface area contributed by atoms with Gasteiger partial charge in [0.15, 0.2) is 0 Å². The van der Waals surface area contributed by atoms with Crippen LogP contribution in [-0.4, -0.2) is 21.3 Å². The first kappa shape index (κ1) is 14.0. The Labute approximate surface area is 111 Å². The number of halogens is 2. The van der Waals surface area contributed by atoms with E-state index in [2.05, 4.69) is 15.4 Å². The second kappa shape index (κ2) is 7.27. The van der Waals surface area contributed by atoms with Gasteiger partial charge in [-0.05, 0) is 11.6 Å². The quantitative estimate of drug-likeness (QED) is 0.849. The molecule has 1 aromatic carbocycles. The van der Waals surface area contributed by atoms with Crippen molar-refractivity contribution in [2.24, 2.45) is 0 Å². The van der Waals surface area contributed by atoms with E-state index < -0.39 is 0 Å². The van der Waals surface area contributed by atoms with Gasteiger partial charge in [-0.3, -0.25) is 4.68 Å². The lowest BCUT2D eigenvalue weighted by atomic mass is 10.2. The van der Waals surface area contributed by atoms with Crippen molar-refractivity contribution < 1.29 is 0 Å². The highest BCUT2D eigenvalue weighted by molar-refractivity contribution is 6.31. The zero-order chi connectivity index (χ0) is 11.2. The molecule has 0 atom stereocenters. The highest BCUT2D eigenvalue weighted by Crippen LogP contribution is 2.13. The van der Waals surface area contributed by atoms with Gasteiger partial charge in [-0.2, -0.15) is 5.10 Å². The predicted molar refractivity (Wildman–Crippen MR) is 70.4 cm³/mol. The third-order valence-electron chi connectivity index (χ3n) is 2.26. The van der Waals surface area contributed by atoms with E-state index in [0.29, 0.717) is 0 Å². The van der Waals surface area contributed by atoms with Crippen molar-refractivity contribution in [3.63, 3.8) is 0 Å². The van der Waals surface area contributed by atoms with Gasteiger partial charge in [0, 0.05) is 18.1 Å². The van der Waals surface area contributed by atoms with Gasteiger partial charge >= 0.3 is 0 Å². The molecular formula is C11H14Cl2N4. The van der Waals surface area contributed by atoms with Crippen LogP contribution in [0.15, 0.2) is 36.9 Å². The molecule has 1 aromatic heterocycles. The molecule has 0 fully saturated rings. The number of benzene rings is 1. The number of nitrogens with one attached hydrogen (secondary N) is 1. The maximum Gasteiger partial charge on any atom is 0.137 e. The molecule has 0 bridgehead atoms. The summed E-state index contributed by atoms with van der Waals surface area (Å²) in [6.07, 6.45) is 3.24. The second-order valence-electron chi connectivity index (χ2n) is 3.43.